The summed E-state index contributed by atoms with van der Waals surface area (Å²) in [7, 11) is 0. The third-order valence-corrected chi connectivity index (χ3v) is 3.74. The Morgan fingerprint density at radius 2 is 2.00 bits per heavy atom. The lowest BCUT2D eigenvalue weighted by molar-refractivity contribution is -0.147. The number of rotatable bonds is 3. The van der Waals surface area contributed by atoms with E-state index < -0.39 is 17.0 Å². The molecule has 0 amide bonds. The molecule has 2 N–H and O–H groups in total. The van der Waals surface area contributed by atoms with Crippen molar-refractivity contribution in [2.24, 2.45) is 0 Å². The minimum absolute atomic E-state index is 0.692. The van der Waals surface area contributed by atoms with E-state index in [0.717, 1.165) is 17.5 Å². The van der Waals surface area contributed by atoms with Gasteiger partial charge in [-0.1, -0.05) is 30.7 Å². The van der Waals surface area contributed by atoms with Gasteiger partial charge in [0.15, 0.2) is 0 Å². The third kappa shape index (κ3) is 1.95. The Kier molecular flexibility index (Phi) is 2.74. The fourth-order valence-corrected chi connectivity index (χ4v) is 2.35. The fourth-order valence-electron chi connectivity index (χ4n) is 2.35. The van der Waals surface area contributed by atoms with Crippen LogP contribution in [0, 0.1) is 0 Å². The van der Waals surface area contributed by atoms with Crippen molar-refractivity contribution < 1.29 is 15.0 Å². The Balaban J connectivity index is 2.43. The number of carboxylic acid groups (broad SMARTS) is 1. The molecule has 1 aliphatic carbocycles. The molecule has 0 spiro atoms. The normalized spacial score (nSPS) is 18.5. The lowest BCUT2D eigenvalue weighted by atomic mass is 9.64. The molecule has 0 saturated heterocycles. The zero-order chi connectivity index (χ0) is 12.7. The van der Waals surface area contributed by atoms with Crippen LogP contribution in [-0.4, -0.2) is 16.2 Å². The predicted molar refractivity (Wildman–Crippen MR) is 64.9 cm³/mol. The standard InChI is InChI=1S/C14H18O3/c1-13(2,17)10-5-3-6-11(9-10)14(12(15)16)7-4-8-14/h3,5-6,9,17H,4,7-8H2,1-2H3,(H,15,16). The quantitative estimate of drug-likeness (QED) is 0.844. The SMILES string of the molecule is CC(C)(O)c1cccc(C2(C(=O)O)CCC2)c1. The summed E-state index contributed by atoms with van der Waals surface area (Å²) in [5.74, 6) is -0.753. The number of aliphatic hydroxyl groups is 1. The molecule has 3 nitrogen and oxygen atoms in total. The van der Waals surface area contributed by atoms with E-state index in [4.69, 9.17) is 0 Å². The molecule has 0 aliphatic heterocycles. The summed E-state index contributed by atoms with van der Waals surface area (Å²) < 4.78 is 0. The first kappa shape index (κ1) is 12.1. The molecule has 0 aromatic heterocycles. The van der Waals surface area contributed by atoms with E-state index in [1.54, 1.807) is 13.8 Å². The number of carbonyl (C=O) groups is 1. The Bertz CT molecular complexity index is 439. The first-order chi connectivity index (χ1) is 7.86. The summed E-state index contributed by atoms with van der Waals surface area (Å²) in [6.07, 6.45) is 2.34. The maximum Gasteiger partial charge on any atom is 0.314 e. The van der Waals surface area contributed by atoms with Crippen LogP contribution >= 0.6 is 0 Å². The number of carboxylic acids is 1. The van der Waals surface area contributed by atoms with E-state index >= 15 is 0 Å². The lowest BCUT2D eigenvalue weighted by Gasteiger charge is -2.38. The molecule has 0 atom stereocenters. The van der Waals surface area contributed by atoms with Crippen molar-refractivity contribution in [2.45, 2.75) is 44.1 Å². The molecule has 0 heterocycles. The van der Waals surface area contributed by atoms with Gasteiger partial charge in [-0.3, -0.25) is 4.79 Å². The van der Waals surface area contributed by atoms with E-state index in [2.05, 4.69) is 0 Å². The molecule has 1 aromatic rings. The Morgan fingerprint density at radius 3 is 2.41 bits per heavy atom. The highest BCUT2D eigenvalue weighted by Crippen LogP contribution is 2.44. The van der Waals surface area contributed by atoms with Crippen molar-refractivity contribution in [1.29, 1.82) is 0 Å². The Morgan fingerprint density at radius 1 is 1.35 bits per heavy atom. The van der Waals surface area contributed by atoms with E-state index in [0.29, 0.717) is 12.8 Å². The smallest absolute Gasteiger partial charge is 0.314 e. The molecule has 1 aliphatic rings. The largest absolute Gasteiger partial charge is 0.481 e. The number of aliphatic carboxylic acids is 1. The van der Waals surface area contributed by atoms with Gasteiger partial charge in [-0.25, -0.2) is 0 Å². The molecule has 0 bridgehead atoms. The summed E-state index contributed by atoms with van der Waals surface area (Å²) in [6, 6.07) is 7.33. The fraction of sp³-hybridized carbons (Fsp3) is 0.500. The average molecular weight is 234 g/mol. The monoisotopic (exact) mass is 234 g/mol. The van der Waals surface area contributed by atoms with Gasteiger partial charge in [-0.15, -0.1) is 0 Å². The van der Waals surface area contributed by atoms with Crippen LogP contribution in [0.3, 0.4) is 0 Å². The van der Waals surface area contributed by atoms with Gasteiger partial charge in [0.05, 0.1) is 11.0 Å². The van der Waals surface area contributed by atoms with Crippen molar-refractivity contribution in [3.63, 3.8) is 0 Å². The molecule has 1 fully saturated rings. The van der Waals surface area contributed by atoms with Crippen LogP contribution in [0.2, 0.25) is 0 Å². The summed E-state index contributed by atoms with van der Waals surface area (Å²) >= 11 is 0. The van der Waals surface area contributed by atoms with Crippen LogP contribution < -0.4 is 0 Å². The van der Waals surface area contributed by atoms with Gasteiger partial charge >= 0.3 is 5.97 Å². The zero-order valence-electron chi connectivity index (χ0n) is 10.2. The molecule has 0 radical (unpaired) electrons. The molecule has 2 rings (SSSR count). The third-order valence-electron chi connectivity index (χ3n) is 3.74. The van der Waals surface area contributed by atoms with Gasteiger partial charge in [0.2, 0.25) is 0 Å². The predicted octanol–water partition coefficient (Wildman–Crippen LogP) is 2.42. The molecule has 1 saturated carbocycles. The second kappa shape index (κ2) is 3.84. The maximum absolute atomic E-state index is 11.4. The second-order valence-electron chi connectivity index (χ2n) is 5.38. The van der Waals surface area contributed by atoms with Crippen LogP contribution in [-0.2, 0) is 15.8 Å². The highest BCUT2D eigenvalue weighted by atomic mass is 16.4. The van der Waals surface area contributed by atoms with E-state index in [1.807, 2.05) is 24.3 Å². The summed E-state index contributed by atoms with van der Waals surface area (Å²) in [6.45, 7) is 3.42. The average Bonchev–Trinajstić information content (AvgIpc) is 2.14. The van der Waals surface area contributed by atoms with Crippen LogP contribution in [0.25, 0.3) is 0 Å². The maximum atomic E-state index is 11.4. The van der Waals surface area contributed by atoms with Crippen molar-refractivity contribution in [3.8, 4) is 0 Å². The highest BCUT2D eigenvalue weighted by molar-refractivity contribution is 5.82. The van der Waals surface area contributed by atoms with E-state index in [1.165, 1.54) is 0 Å². The van der Waals surface area contributed by atoms with Gasteiger partial charge in [0.1, 0.15) is 0 Å². The van der Waals surface area contributed by atoms with Crippen molar-refractivity contribution in [3.05, 3.63) is 35.4 Å². The second-order valence-corrected chi connectivity index (χ2v) is 5.38. The summed E-state index contributed by atoms with van der Waals surface area (Å²) in [5, 5.41) is 19.3. The molecule has 0 unspecified atom stereocenters. The van der Waals surface area contributed by atoms with E-state index in [9.17, 15) is 15.0 Å². The first-order valence-corrected chi connectivity index (χ1v) is 5.93. The molecule has 17 heavy (non-hydrogen) atoms. The molecule has 92 valence electrons. The highest BCUT2D eigenvalue weighted by Gasteiger charge is 2.46. The van der Waals surface area contributed by atoms with Crippen LogP contribution in [0.15, 0.2) is 24.3 Å². The Labute approximate surface area is 101 Å². The summed E-state index contributed by atoms with van der Waals surface area (Å²) in [5.41, 5.74) is -0.0702. The van der Waals surface area contributed by atoms with Crippen molar-refractivity contribution in [1.82, 2.24) is 0 Å². The number of benzene rings is 1. The minimum Gasteiger partial charge on any atom is -0.481 e. The van der Waals surface area contributed by atoms with Crippen LogP contribution in [0.1, 0.15) is 44.2 Å². The van der Waals surface area contributed by atoms with Gasteiger partial charge < -0.3 is 10.2 Å². The van der Waals surface area contributed by atoms with Crippen LogP contribution in [0.4, 0.5) is 0 Å². The Hall–Kier alpha value is -1.35. The molecule has 3 heteroatoms. The number of hydrogen-bond acceptors (Lipinski definition) is 2. The zero-order valence-corrected chi connectivity index (χ0v) is 10.2. The minimum atomic E-state index is -0.931. The van der Waals surface area contributed by atoms with Gasteiger partial charge in [-0.2, -0.15) is 0 Å². The number of hydrogen-bond donors (Lipinski definition) is 2. The van der Waals surface area contributed by atoms with Crippen LogP contribution in [0.5, 0.6) is 0 Å². The lowest BCUT2D eigenvalue weighted by Crippen LogP contribution is -2.42. The van der Waals surface area contributed by atoms with Gasteiger partial charge in [0, 0.05) is 0 Å². The first-order valence-electron chi connectivity index (χ1n) is 5.93. The van der Waals surface area contributed by atoms with Gasteiger partial charge in [-0.05, 0) is 37.8 Å². The molecule has 1 aromatic carbocycles. The van der Waals surface area contributed by atoms with Crippen molar-refractivity contribution in [2.75, 3.05) is 0 Å². The topological polar surface area (TPSA) is 57.5 Å². The van der Waals surface area contributed by atoms with E-state index in [-0.39, 0.29) is 0 Å². The molecular weight excluding hydrogens is 216 g/mol. The molecular formula is C14H18O3. The van der Waals surface area contributed by atoms with Crippen molar-refractivity contribution >= 4 is 5.97 Å². The summed E-state index contributed by atoms with van der Waals surface area (Å²) in [4.78, 5) is 11.4. The van der Waals surface area contributed by atoms with Gasteiger partial charge in [0.25, 0.3) is 0 Å².